The molecule has 0 fully saturated rings. The number of benzene rings is 1. The highest BCUT2D eigenvalue weighted by Crippen LogP contribution is 2.23. The van der Waals surface area contributed by atoms with E-state index in [0.29, 0.717) is 5.65 Å². The van der Waals surface area contributed by atoms with E-state index in [2.05, 4.69) is 15.4 Å². The van der Waals surface area contributed by atoms with Gasteiger partial charge >= 0.3 is 0 Å². The van der Waals surface area contributed by atoms with Crippen LogP contribution >= 0.6 is 0 Å². The summed E-state index contributed by atoms with van der Waals surface area (Å²) in [5.41, 5.74) is 8.97. The number of anilines is 2. The Morgan fingerprint density at radius 2 is 2.10 bits per heavy atom. The molecule has 0 unspecified atom stereocenters. The van der Waals surface area contributed by atoms with E-state index in [4.69, 9.17) is 5.73 Å². The number of nitrogen functional groups attached to an aromatic ring is 1. The van der Waals surface area contributed by atoms with Crippen molar-refractivity contribution in [2.24, 2.45) is 0 Å². The summed E-state index contributed by atoms with van der Waals surface area (Å²) >= 11 is 0. The molecule has 3 N–H and O–H groups in total. The largest absolute Gasteiger partial charge is 0.366 e. The molecule has 6 nitrogen and oxygen atoms in total. The highest BCUT2D eigenvalue weighted by atomic mass is 16.1. The molecule has 0 saturated heterocycles. The fourth-order valence-corrected chi connectivity index (χ4v) is 2.05. The van der Waals surface area contributed by atoms with Gasteiger partial charge in [0.25, 0.3) is 0 Å². The first-order valence-corrected chi connectivity index (χ1v) is 6.12. The zero-order chi connectivity index (χ0) is 14.1. The number of hydrogen-bond acceptors (Lipinski definition) is 4. The van der Waals surface area contributed by atoms with E-state index in [1.165, 1.54) is 6.92 Å². The van der Waals surface area contributed by atoms with Crippen molar-refractivity contribution >= 4 is 23.2 Å². The highest BCUT2D eigenvalue weighted by molar-refractivity contribution is 5.89. The molecular formula is C14H13N5O. The zero-order valence-corrected chi connectivity index (χ0v) is 10.9. The van der Waals surface area contributed by atoms with Gasteiger partial charge in [-0.2, -0.15) is 4.98 Å². The predicted molar refractivity (Wildman–Crippen MR) is 77.1 cm³/mol. The molecule has 3 aromatic rings. The highest BCUT2D eigenvalue weighted by Gasteiger charge is 2.04. The van der Waals surface area contributed by atoms with Gasteiger partial charge in [-0.25, -0.2) is 4.52 Å². The summed E-state index contributed by atoms with van der Waals surface area (Å²) in [6.07, 6.45) is 1.85. The molecule has 0 saturated carbocycles. The topological polar surface area (TPSA) is 85.3 Å². The second-order valence-electron chi connectivity index (χ2n) is 4.45. The quantitative estimate of drug-likeness (QED) is 0.743. The van der Waals surface area contributed by atoms with E-state index >= 15 is 0 Å². The standard InChI is InChI=1S/C14H13N5O/c1-9(20)16-12-4-2-3-10(7-12)11-5-6-13-17-14(15)18-19(13)8-11/h2-8H,1H3,(H2,15,18)(H,16,20). The fraction of sp³-hybridized carbons (Fsp3) is 0.0714. The number of aromatic nitrogens is 3. The van der Waals surface area contributed by atoms with E-state index in [1.54, 1.807) is 4.52 Å². The van der Waals surface area contributed by atoms with E-state index in [1.807, 2.05) is 42.6 Å². The van der Waals surface area contributed by atoms with Gasteiger partial charge in [-0.1, -0.05) is 12.1 Å². The Morgan fingerprint density at radius 3 is 2.90 bits per heavy atom. The molecular weight excluding hydrogens is 254 g/mol. The van der Waals surface area contributed by atoms with Crippen molar-refractivity contribution in [3.63, 3.8) is 0 Å². The summed E-state index contributed by atoms with van der Waals surface area (Å²) in [5.74, 6) is 0.149. The molecule has 0 bridgehead atoms. The van der Waals surface area contributed by atoms with Gasteiger partial charge in [0, 0.05) is 24.4 Å². The van der Waals surface area contributed by atoms with Crippen LogP contribution in [-0.4, -0.2) is 20.5 Å². The Balaban J connectivity index is 2.03. The van der Waals surface area contributed by atoms with Crippen LogP contribution < -0.4 is 11.1 Å². The van der Waals surface area contributed by atoms with Gasteiger partial charge in [-0.05, 0) is 29.8 Å². The minimum absolute atomic E-state index is 0.0957. The smallest absolute Gasteiger partial charge is 0.240 e. The number of carbonyl (C=O) groups is 1. The first kappa shape index (κ1) is 12.2. The fourth-order valence-electron chi connectivity index (χ4n) is 2.05. The molecule has 2 aromatic heterocycles. The number of nitrogens with one attached hydrogen (secondary N) is 1. The van der Waals surface area contributed by atoms with E-state index in [0.717, 1.165) is 16.8 Å². The number of fused-ring (bicyclic) bond motifs is 1. The van der Waals surface area contributed by atoms with Gasteiger partial charge in [-0.3, -0.25) is 4.79 Å². The molecule has 6 heteroatoms. The summed E-state index contributed by atoms with van der Waals surface area (Å²) in [6, 6.07) is 11.4. The van der Waals surface area contributed by atoms with Crippen molar-refractivity contribution in [1.82, 2.24) is 14.6 Å². The minimum Gasteiger partial charge on any atom is -0.366 e. The van der Waals surface area contributed by atoms with Crippen molar-refractivity contribution < 1.29 is 4.79 Å². The van der Waals surface area contributed by atoms with Crippen LogP contribution in [0.2, 0.25) is 0 Å². The van der Waals surface area contributed by atoms with Crippen molar-refractivity contribution in [3.05, 3.63) is 42.6 Å². The average molecular weight is 267 g/mol. The lowest BCUT2D eigenvalue weighted by atomic mass is 10.1. The molecule has 0 aliphatic rings. The van der Waals surface area contributed by atoms with Crippen LogP contribution in [0.3, 0.4) is 0 Å². The predicted octanol–water partition coefficient (Wildman–Crippen LogP) is 1.94. The SMILES string of the molecule is CC(=O)Nc1cccc(-c2ccc3nc(N)nn3c2)c1. The molecule has 1 amide bonds. The number of amides is 1. The third-order valence-electron chi connectivity index (χ3n) is 2.86. The van der Waals surface area contributed by atoms with Crippen molar-refractivity contribution in [2.75, 3.05) is 11.1 Å². The summed E-state index contributed by atoms with van der Waals surface area (Å²) in [6.45, 7) is 1.48. The van der Waals surface area contributed by atoms with Crippen LogP contribution in [-0.2, 0) is 4.79 Å². The minimum atomic E-state index is -0.0957. The monoisotopic (exact) mass is 267 g/mol. The second kappa shape index (κ2) is 4.65. The second-order valence-corrected chi connectivity index (χ2v) is 4.45. The molecule has 0 radical (unpaired) electrons. The van der Waals surface area contributed by atoms with Crippen LogP contribution in [0.25, 0.3) is 16.8 Å². The van der Waals surface area contributed by atoms with Crippen LogP contribution in [0.1, 0.15) is 6.92 Å². The Labute approximate surface area is 115 Å². The number of carbonyl (C=O) groups excluding carboxylic acids is 1. The molecule has 0 atom stereocenters. The number of hydrogen-bond donors (Lipinski definition) is 2. The molecule has 2 heterocycles. The van der Waals surface area contributed by atoms with E-state index in [9.17, 15) is 4.79 Å². The number of pyridine rings is 1. The van der Waals surface area contributed by atoms with Gasteiger partial charge in [0.2, 0.25) is 11.9 Å². The number of nitrogens with zero attached hydrogens (tertiary/aromatic N) is 3. The lowest BCUT2D eigenvalue weighted by Gasteiger charge is -2.06. The Bertz CT molecular complexity index is 793. The summed E-state index contributed by atoms with van der Waals surface area (Å²) in [7, 11) is 0. The van der Waals surface area contributed by atoms with Crippen molar-refractivity contribution in [2.45, 2.75) is 6.92 Å². The van der Waals surface area contributed by atoms with Crippen molar-refractivity contribution in [3.8, 4) is 11.1 Å². The molecule has 100 valence electrons. The maximum atomic E-state index is 11.1. The molecule has 3 rings (SSSR count). The van der Waals surface area contributed by atoms with Gasteiger partial charge < -0.3 is 11.1 Å². The van der Waals surface area contributed by atoms with Gasteiger partial charge in [0.15, 0.2) is 5.65 Å². The van der Waals surface area contributed by atoms with Gasteiger partial charge in [0.1, 0.15) is 0 Å². The first-order chi connectivity index (χ1) is 9.61. The summed E-state index contributed by atoms with van der Waals surface area (Å²) < 4.78 is 1.63. The van der Waals surface area contributed by atoms with Crippen LogP contribution in [0.5, 0.6) is 0 Å². The molecule has 0 spiro atoms. The lowest BCUT2D eigenvalue weighted by Crippen LogP contribution is -2.05. The molecule has 0 aliphatic carbocycles. The average Bonchev–Trinajstić information content (AvgIpc) is 2.77. The van der Waals surface area contributed by atoms with Crippen molar-refractivity contribution in [1.29, 1.82) is 0 Å². The summed E-state index contributed by atoms with van der Waals surface area (Å²) in [5, 5.41) is 6.85. The van der Waals surface area contributed by atoms with Crippen LogP contribution in [0.4, 0.5) is 11.6 Å². The third kappa shape index (κ3) is 2.31. The zero-order valence-electron chi connectivity index (χ0n) is 10.9. The van der Waals surface area contributed by atoms with E-state index < -0.39 is 0 Å². The van der Waals surface area contributed by atoms with E-state index in [-0.39, 0.29) is 11.9 Å². The third-order valence-corrected chi connectivity index (χ3v) is 2.86. The molecule has 1 aromatic carbocycles. The Kier molecular flexibility index (Phi) is 2.83. The lowest BCUT2D eigenvalue weighted by molar-refractivity contribution is -0.114. The molecule has 0 aliphatic heterocycles. The summed E-state index contributed by atoms with van der Waals surface area (Å²) in [4.78, 5) is 15.2. The van der Waals surface area contributed by atoms with Crippen LogP contribution in [0, 0.1) is 0 Å². The Morgan fingerprint density at radius 1 is 1.25 bits per heavy atom. The maximum absolute atomic E-state index is 11.1. The normalized spacial score (nSPS) is 10.7. The first-order valence-electron chi connectivity index (χ1n) is 6.12. The molecule has 20 heavy (non-hydrogen) atoms. The van der Waals surface area contributed by atoms with Gasteiger partial charge in [0.05, 0.1) is 0 Å². The Hall–Kier alpha value is -2.89. The number of rotatable bonds is 2. The number of nitrogens with two attached hydrogens (primary N) is 1. The van der Waals surface area contributed by atoms with Crippen LogP contribution in [0.15, 0.2) is 42.6 Å². The maximum Gasteiger partial charge on any atom is 0.240 e. The van der Waals surface area contributed by atoms with Gasteiger partial charge in [-0.15, -0.1) is 5.10 Å².